The molecule has 1 aromatic carbocycles. The van der Waals surface area contributed by atoms with E-state index in [0.29, 0.717) is 0 Å². The van der Waals surface area contributed by atoms with Gasteiger partial charge in [-0.05, 0) is 30.2 Å². The fourth-order valence-corrected chi connectivity index (χ4v) is 2.00. The SMILES string of the molecule is CNc1c(OC)ccc2c1CCNC2. The number of nitrogens with one attached hydrogen (secondary N) is 2. The summed E-state index contributed by atoms with van der Waals surface area (Å²) >= 11 is 0. The monoisotopic (exact) mass is 192 g/mol. The summed E-state index contributed by atoms with van der Waals surface area (Å²) in [5, 5.41) is 6.58. The molecule has 0 amide bonds. The number of hydrogen-bond acceptors (Lipinski definition) is 3. The zero-order valence-corrected chi connectivity index (χ0v) is 8.68. The number of benzene rings is 1. The molecule has 3 nitrogen and oxygen atoms in total. The van der Waals surface area contributed by atoms with Crippen molar-refractivity contribution in [3.8, 4) is 5.75 Å². The van der Waals surface area contributed by atoms with Gasteiger partial charge >= 0.3 is 0 Å². The van der Waals surface area contributed by atoms with Gasteiger partial charge in [-0.1, -0.05) is 6.07 Å². The van der Waals surface area contributed by atoms with Crippen LogP contribution in [0.5, 0.6) is 5.75 Å². The fourth-order valence-electron chi connectivity index (χ4n) is 2.00. The minimum absolute atomic E-state index is 0.938. The molecule has 76 valence electrons. The van der Waals surface area contributed by atoms with Crippen molar-refractivity contribution in [2.24, 2.45) is 0 Å². The Hall–Kier alpha value is -1.22. The van der Waals surface area contributed by atoms with Crippen molar-refractivity contribution in [2.75, 3.05) is 26.0 Å². The topological polar surface area (TPSA) is 33.3 Å². The lowest BCUT2D eigenvalue weighted by Crippen LogP contribution is -2.24. The van der Waals surface area contributed by atoms with Crippen LogP contribution in [-0.2, 0) is 13.0 Å². The van der Waals surface area contributed by atoms with E-state index in [0.717, 1.165) is 30.9 Å². The molecule has 0 spiro atoms. The number of hydrogen-bond donors (Lipinski definition) is 2. The van der Waals surface area contributed by atoms with Gasteiger partial charge in [-0.15, -0.1) is 0 Å². The van der Waals surface area contributed by atoms with Gasteiger partial charge in [0.15, 0.2) is 0 Å². The van der Waals surface area contributed by atoms with Crippen LogP contribution in [0.2, 0.25) is 0 Å². The molecule has 3 heteroatoms. The van der Waals surface area contributed by atoms with Crippen LogP contribution >= 0.6 is 0 Å². The van der Waals surface area contributed by atoms with E-state index in [1.54, 1.807) is 7.11 Å². The van der Waals surface area contributed by atoms with Gasteiger partial charge in [-0.2, -0.15) is 0 Å². The van der Waals surface area contributed by atoms with Gasteiger partial charge in [-0.25, -0.2) is 0 Å². The van der Waals surface area contributed by atoms with E-state index >= 15 is 0 Å². The summed E-state index contributed by atoms with van der Waals surface area (Å²) in [6, 6.07) is 4.17. The maximum Gasteiger partial charge on any atom is 0.142 e. The Morgan fingerprint density at radius 3 is 3.00 bits per heavy atom. The number of ether oxygens (including phenoxy) is 1. The molecule has 0 aromatic heterocycles. The van der Waals surface area contributed by atoms with Crippen molar-refractivity contribution >= 4 is 5.69 Å². The van der Waals surface area contributed by atoms with Crippen molar-refractivity contribution < 1.29 is 4.74 Å². The molecule has 1 aromatic rings. The minimum Gasteiger partial charge on any atom is -0.495 e. The number of anilines is 1. The third kappa shape index (κ3) is 1.44. The Morgan fingerprint density at radius 2 is 2.29 bits per heavy atom. The highest BCUT2D eigenvalue weighted by Crippen LogP contribution is 2.32. The van der Waals surface area contributed by atoms with E-state index in [9.17, 15) is 0 Å². The van der Waals surface area contributed by atoms with E-state index < -0.39 is 0 Å². The molecule has 0 fully saturated rings. The summed E-state index contributed by atoms with van der Waals surface area (Å²) in [7, 11) is 3.66. The molecule has 0 radical (unpaired) electrons. The van der Waals surface area contributed by atoms with Crippen LogP contribution in [0.1, 0.15) is 11.1 Å². The third-order valence-electron chi connectivity index (χ3n) is 2.71. The molecule has 14 heavy (non-hydrogen) atoms. The van der Waals surface area contributed by atoms with E-state index in [4.69, 9.17) is 4.74 Å². The molecule has 0 saturated carbocycles. The molecule has 2 N–H and O–H groups in total. The smallest absolute Gasteiger partial charge is 0.142 e. The lowest BCUT2D eigenvalue weighted by Gasteiger charge is -2.22. The van der Waals surface area contributed by atoms with Crippen LogP contribution in [-0.4, -0.2) is 20.7 Å². The first kappa shape index (κ1) is 9.34. The Morgan fingerprint density at radius 1 is 1.43 bits per heavy atom. The molecule has 0 saturated heterocycles. The van der Waals surface area contributed by atoms with E-state index in [2.05, 4.69) is 16.7 Å². The summed E-state index contributed by atoms with van der Waals surface area (Å²) < 4.78 is 5.32. The summed E-state index contributed by atoms with van der Waals surface area (Å²) in [6.45, 7) is 2.02. The zero-order chi connectivity index (χ0) is 9.97. The Balaban J connectivity index is 2.50. The quantitative estimate of drug-likeness (QED) is 0.742. The first-order valence-corrected chi connectivity index (χ1v) is 4.94. The van der Waals surface area contributed by atoms with Crippen LogP contribution in [0.4, 0.5) is 5.69 Å². The predicted molar refractivity (Wildman–Crippen MR) is 58.0 cm³/mol. The molecule has 1 aliphatic rings. The van der Waals surface area contributed by atoms with Gasteiger partial charge in [0.05, 0.1) is 12.8 Å². The largest absolute Gasteiger partial charge is 0.495 e. The lowest BCUT2D eigenvalue weighted by atomic mass is 9.98. The Kier molecular flexibility index (Phi) is 2.59. The highest BCUT2D eigenvalue weighted by molar-refractivity contribution is 5.64. The average molecular weight is 192 g/mol. The number of fused-ring (bicyclic) bond motifs is 1. The standard InChI is InChI=1S/C11H16N2O/c1-12-11-9-5-6-13-7-8(9)3-4-10(11)14-2/h3-4,12-13H,5-7H2,1-2H3. The van der Waals surface area contributed by atoms with E-state index in [1.807, 2.05) is 13.1 Å². The molecule has 0 atom stereocenters. The van der Waals surface area contributed by atoms with Crippen molar-refractivity contribution in [1.82, 2.24) is 5.32 Å². The van der Waals surface area contributed by atoms with Crippen molar-refractivity contribution in [3.63, 3.8) is 0 Å². The zero-order valence-electron chi connectivity index (χ0n) is 8.68. The summed E-state index contributed by atoms with van der Waals surface area (Å²) in [5.41, 5.74) is 3.92. The van der Waals surface area contributed by atoms with Crippen molar-refractivity contribution in [3.05, 3.63) is 23.3 Å². The molecule has 0 aliphatic carbocycles. The van der Waals surface area contributed by atoms with Gasteiger partial charge < -0.3 is 15.4 Å². The normalized spacial score (nSPS) is 14.7. The second-order valence-corrected chi connectivity index (χ2v) is 3.46. The molecule has 1 heterocycles. The van der Waals surface area contributed by atoms with Gasteiger partial charge in [0.25, 0.3) is 0 Å². The van der Waals surface area contributed by atoms with Crippen LogP contribution in [0, 0.1) is 0 Å². The Bertz CT molecular complexity index is 321. The average Bonchev–Trinajstić information content (AvgIpc) is 2.27. The lowest BCUT2D eigenvalue weighted by molar-refractivity contribution is 0.415. The first-order chi connectivity index (χ1) is 6.86. The summed E-state index contributed by atoms with van der Waals surface area (Å²) in [5.74, 6) is 0.938. The molecule has 1 aliphatic heterocycles. The molecule has 2 rings (SSSR count). The molecular weight excluding hydrogens is 176 g/mol. The Labute approximate surface area is 84.5 Å². The molecule has 0 unspecified atom stereocenters. The maximum absolute atomic E-state index is 5.32. The fraction of sp³-hybridized carbons (Fsp3) is 0.455. The van der Waals surface area contributed by atoms with E-state index in [-0.39, 0.29) is 0 Å². The predicted octanol–water partition coefficient (Wildman–Crippen LogP) is 1.38. The van der Waals surface area contributed by atoms with E-state index in [1.165, 1.54) is 11.1 Å². The molecular formula is C11H16N2O. The minimum atomic E-state index is 0.938. The summed E-state index contributed by atoms with van der Waals surface area (Å²) in [6.07, 6.45) is 1.07. The van der Waals surface area contributed by atoms with Crippen LogP contribution in [0.15, 0.2) is 12.1 Å². The van der Waals surface area contributed by atoms with Crippen LogP contribution in [0.3, 0.4) is 0 Å². The maximum atomic E-state index is 5.32. The number of rotatable bonds is 2. The highest BCUT2D eigenvalue weighted by Gasteiger charge is 2.15. The van der Waals surface area contributed by atoms with Gasteiger partial charge in [0, 0.05) is 13.6 Å². The van der Waals surface area contributed by atoms with Gasteiger partial charge in [0.1, 0.15) is 5.75 Å². The molecule has 0 bridgehead atoms. The number of methoxy groups -OCH3 is 1. The second-order valence-electron chi connectivity index (χ2n) is 3.46. The van der Waals surface area contributed by atoms with Crippen molar-refractivity contribution in [2.45, 2.75) is 13.0 Å². The van der Waals surface area contributed by atoms with Crippen molar-refractivity contribution in [1.29, 1.82) is 0 Å². The first-order valence-electron chi connectivity index (χ1n) is 4.94. The van der Waals surface area contributed by atoms with Crippen LogP contribution in [0.25, 0.3) is 0 Å². The third-order valence-corrected chi connectivity index (χ3v) is 2.71. The van der Waals surface area contributed by atoms with Gasteiger partial charge in [0.2, 0.25) is 0 Å². The second kappa shape index (κ2) is 3.88. The van der Waals surface area contributed by atoms with Crippen LogP contribution < -0.4 is 15.4 Å². The summed E-state index contributed by atoms with van der Waals surface area (Å²) in [4.78, 5) is 0. The highest BCUT2D eigenvalue weighted by atomic mass is 16.5. The van der Waals surface area contributed by atoms with Gasteiger partial charge in [-0.3, -0.25) is 0 Å².